The molecule has 0 saturated carbocycles. The molecule has 4 rings (SSSR count). The summed E-state index contributed by atoms with van der Waals surface area (Å²) in [6, 6.07) is 18.1. The second kappa shape index (κ2) is 8.71. The third-order valence-corrected chi connectivity index (χ3v) is 5.08. The maximum atomic E-state index is 13.9. The van der Waals surface area contributed by atoms with Gasteiger partial charge in [-0.1, -0.05) is 36.3 Å². The van der Waals surface area contributed by atoms with E-state index in [0.29, 0.717) is 18.7 Å². The van der Waals surface area contributed by atoms with E-state index >= 15 is 0 Å². The highest BCUT2D eigenvalue weighted by molar-refractivity contribution is 5.91. The van der Waals surface area contributed by atoms with E-state index in [9.17, 15) is 9.18 Å². The fourth-order valence-electron chi connectivity index (χ4n) is 3.65. The molecule has 0 spiro atoms. The number of hydrogen-bond donors (Lipinski definition) is 1. The number of aryl methyl sites for hydroxylation is 1. The maximum Gasteiger partial charge on any atom is 0.224 e. The van der Waals surface area contributed by atoms with Gasteiger partial charge >= 0.3 is 0 Å². The summed E-state index contributed by atoms with van der Waals surface area (Å²) in [6.45, 7) is 0.525. The molecule has 0 aliphatic carbocycles. The van der Waals surface area contributed by atoms with Gasteiger partial charge in [0.05, 0.1) is 19.4 Å². The largest absolute Gasteiger partial charge is 0.467 e. The molecule has 4 nitrogen and oxygen atoms in total. The number of aromatic amines is 1. The van der Waals surface area contributed by atoms with Crippen molar-refractivity contribution in [1.29, 1.82) is 0 Å². The molecule has 0 saturated heterocycles. The fourth-order valence-corrected chi connectivity index (χ4v) is 3.65. The number of nitrogens with zero attached hydrogens (tertiary/aromatic N) is 1. The molecule has 2 aromatic carbocycles. The smallest absolute Gasteiger partial charge is 0.224 e. The van der Waals surface area contributed by atoms with Crippen molar-refractivity contribution in [2.24, 2.45) is 0 Å². The highest BCUT2D eigenvalue weighted by Gasteiger charge is 2.18. The number of fused-ring (bicyclic) bond motifs is 1. The zero-order valence-electron chi connectivity index (χ0n) is 16.4. The molecule has 30 heavy (non-hydrogen) atoms. The van der Waals surface area contributed by atoms with Crippen LogP contribution in [0.3, 0.4) is 0 Å². The number of hydrogen-bond acceptors (Lipinski definition) is 2. The molecule has 150 valence electrons. The minimum Gasteiger partial charge on any atom is -0.467 e. The topological polar surface area (TPSA) is 49.2 Å². The van der Waals surface area contributed by atoms with Crippen molar-refractivity contribution in [1.82, 2.24) is 9.88 Å². The zero-order valence-corrected chi connectivity index (χ0v) is 16.4. The minimum absolute atomic E-state index is 0.0749. The fraction of sp³-hybridized carbons (Fsp3) is 0.160. The highest BCUT2D eigenvalue weighted by atomic mass is 19.1. The Morgan fingerprint density at radius 2 is 1.97 bits per heavy atom. The first kappa shape index (κ1) is 19.5. The number of carbonyl (C=O) groups is 1. The molecule has 0 bridgehead atoms. The Hall–Kier alpha value is -3.78. The van der Waals surface area contributed by atoms with E-state index in [-0.39, 0.29) is 24.7 Å². The lowest BCUT2D eigenvalue weighted by Crippen LogP contribution is -2.31. The highest BCUT2D eigenvalue weighted by Crippen LogP contribution is 2.32. The summed E-state index contributed by atoms with van der Waals surface area (Å²) in [5.41, 5.74) is 3.66. The molecule has 2 heterocycles. The predicted octanol–water partition coefficient (Wildman–Crippen LogP) is 5.16. The summed E-state index contributed by atoms with van der Waals surface area (Å²) in [6.07, 6.45) is 7.75. The number of benzene rings is 2. The number of nitrogens with one attached hydrogen (secondary N) is 1. The van der Waals surface area contributed by atoms with Crippen LogP contribution >= 0.6 is 0 Å². The Morgan fingerprint density at radius 1 is 1.13 bits per heavy atom. The van der Waals surface area contributed by atoms with Crippen molar-refractivity contribution in [2.75, 3.05) is 6.54 Å². The standard InChI is InChI=1S/C25H21FN2O2/c1-2-14-28(17-20-9-6-15-30-20)24(29)13-11-21-22-16-19(26)10-12-23(22)27-25(21)18-7-4-3-5-8-18/h1,3-10,12,15-16,27H,11,13-14,17H2. The van der Waals surface area contributed by atoms with Crippen LogP contribution < -0.4 is 0 Å². The van der Waals surface area contributed by atoms with Gasteiger partial charge in [0, 0.05) is 23.0 Å². The first-order valence-corrected chi connectivity index (χ1v) is 9.75. The quantitative estimate of drug-likeness (QED) is 0.436. The number of terminal acetylenes is 1. The zero-order chi connectivity index (χ0) is 20.9. The molecule has 0 radical (unpaired) electrons. The Morgan fingerprint density at radius 3 is 2.70 bits per heavy atom. The average molecular weight is 400 g/mol. The van der Waals surface area contributed by atoms with E-state index < -0.39 is 0 Å². The second-order valence-electron chi connectivity index (χ2n) is 7.07. The molecule has 0 aliphatic heterocycles. The van der Waals surface area contributed by atoms with E-state index in [1.165, 1.54) is 12.1 Å². The van der Waals surface area contributed by atoms with Gasteiger partial charge < -0.3 is 14.3 Å². The molecule has 0 atom stereocenters. The van der Waals surface area contributed by atoms with Crippen molar-refractivity contribution in [2.45, 2.75) is 19.4 Å². The van der Waals surface area contributed by atoms with Crippen LogP contribution in [0.2, 0.25) is 0 Å². The lowest BCUT2D eigenvalue weighted by atomic mass is 10.0. The van der Waals surface area contributed by atoms with E-state index in [1.54, 1.807) is 23.3 Å². The Labute approximate surface area is 174 Å². The van der Waals surface area contributed by atoms with E-state index in [4.69, 9.17) is 10.8 Å². The molecule has 4 aromatic rings. The summed E-state index contributed by atoms with van der Waals surface area (Å²) in [5, 5.41) is 0.788. The van der Waals surface area contributed by atoms with Gasteiger partial charge in [0.25, 0.3) is 0 Å². The van der Waals surface area contributed by atoms with Gasteiger partial charge in [-0.3, -0.25) is 4.79 Å². The van der Waals surface area contributed by atoms with Crippen molar-refractivity contribution in [3.63, 3.8) is 0 Å². The van der Waals surface area contributed by atoms with E-state index in [0.717, 1.165) is 27.7 Å². The summed E-state index contributed by atoms with van der Waals surface area (Å²) < 4.78 is 19.3. The van der Waals surface area contributed by atoms with Crippen LogP contribution in [0.5, 0.6) is 0 Å². The third kappa shape index (κ3) is 4.13. The second-order valence-corrected chi connectivity index (χ2v) is 7.07. The van der Waals surface area contributed by atoms with Crippen LogP contribution in [0.25, 0.3) is 22.2 Å². The van der Waals surface area contributed by atoms with Gasteiger partial charge in [-0.25, -0.2) is 4.39 Å². The number of aromatic nitrogens is 1. The van der Waals surface area contributed by atoms with Crippen LogP contribution in [0.4, 0.5) is 4.39 Å². The summed E-state index contributed by atoms with van der Waals surface area (Å²) in [7, 11) is 0. The van der Waals surface area contributed by atoms with Gasteiger partial charge in [0.15, 0.2) is 0 Å². The van der Waals surface area contributed by atoms with E-state index in [1.807, 2.05) is 36.4 Å². The third-order valence-electron chi connectivity index (χ3n) is 5.08. The Kier molecular flexibility index (Phi) is 5.67. The van der Waals surface area contributed by atoms with Crippen LogP contribution in [-0.2, 0) is 17.8 Å². The summed E-state index contributed by atoms with van der Waals surface area (Å²) in [4.78, 5) is 17.9. The normalized spacial score (nSPS) is 10.8. The van der Waals surface area contributed by atoms with Gasteiger partial charge in [-0.2, -0.15) is 0 Å². The molecule has 0 unspecified atom stereocenters. The molecule has 1 N–H and O–H groups in total. The molecular weight excluding hydrogens is 379 g/mol. The summed E-state index contributed by atoms with van der Waals surface area (Å²) >= 11 is 0. The lowest BCUT2D eigenvalue weighted by molar-refractivity contribution is -0.131. The number of carbonyl (C=O) groups excluding carboxylic acids is 1. The van der Waals surface area contributed by atoms with Gasteiger partial charge in [0.1, 0.15) is 11.6 Å². The molecule has 1 amide bonds. The van der Waals surface area contributed by atoms with E-state index in [2.05, 4.69) is 10.9 Å². The number of H-pyrrole nitrogens is 1. The van der Waals surface area contributed by atoms with Gasteiger partial charge in [0.2, 0.25) is 5.91 Å². The first-order valence-electron chi connectivity index (χ1n) is 9.75. The monoisotopic (exact) mass is 400 g/mol. The van der Waals surface area contributed by atoms with Crippen molar-refractivity contribution < 1.29 is 13.6 Å². The van der Waals surface area contributed by atoms with Crippen LogP contribution in [-0.4, -0.2) is 22.3 Å². The maximum absolute atomic E-state index is 13.9. The van der Waals surface area contributed by atoms with Crippen LogP contribution in [0, 0.1) is 18.2 Å². The Balaban J connectivity index is 1.61. The Bertz CT molecular complexity index is 1190. The van der Waals surface area contributed by atoms with Crippen LogP contribution in [0.1, 0.15) is 17.7 Å². The number of furan rings is 1. The molecular formula is C25H21FN2O2. The molecule has 5 heteroatoms. The predicted molar refractivity (Wildman–Crippen MR) is 115 cm³/mol. The molecule has 0 aliphatic rings. The average Bonchev–Trinajstić information content (AvgIpc) is 3.40. The van der Waals surface area contributed by atoms with Crippen LogP contribution in [0.15, 0.2) is 71.3 Å². The van der Waals surface area contributed by atoms with Crippen molar-refractivity contribution >= 4 is 16.8 Å². The summed E-state index contributed by atoms with van der Waals surface area (Å²) in [5.74, 6) is 2.83. The number of halogens is 1. The molecule has 2 aromatic heterocycles. The first-order chi connectivity index (χ1) is 14.7. The van der Waals surface area contributed by atoms with Crippen molar-refractivity contribution in [3.05, 3.63) is 84.1 Å². The lowest BCUT2D eigenvalue weighted by Gasteiger charge is -2.19. The van der Waals surface area contributed by atoms with Gasteiger partial charge in [-0.05, 0) is 47.9 Å². The number of rotatable bonds is 7. The van der Waals surface area contributed by atoms with Crippen molar-refractivity contribution in [3.8, 4) is 23.6 Å². The SMILES string of the molecule is C#CCN(Cc1ccco1)C(=O)CCc1c(-c2ccccc2)[nH]c2ccc(F)cc12. The number of amides is 1. The molecule has 0 fully saturated rings. The van der Waals surface area contributed by atoms with Gasteiger partial charge in [-0.15, -0.1) is 6.42 Å². The minimum atomic E-state index is -0.305.